The summed E-state index contributed by atoms with van der Waals surface area (Å²) in [7, 11) is 0. The van der Waals surface area contributed by atoms with Gasteiger partial charge in [0, 0.05) is 30.6 Å². The molecule has 1 saturated heterocycles. The van der Waals surface area contributed by atoms with E-state index in [4.69, 9.17) is 5.73 Å². The molecule has 0 radical (unpaired) electrons. The summed E-state index contributed by atoms with van der Waals surface area (Å²) in [5.74, 6) is 1.95. The molecule has 13 heavy (non-hydrogen) atoms. The molecule has 0 spiro atoms. The summed E-state index contributed by atoms with van der Waals surface area (Å²) in [6, 6.07) is 0. The lowest BCUT2D eigenvalue weighted by atomic mass is 10.1. The van der Waals surface area contributed by atoms with Crippen molar-refractivity contribution in [1.82, 2.24) is 4.90 Å². The first-order valence-corrected chi connectivity index (χ1v) is 6.35. The quantitative estimate of drug-likeness (QED) is 0.747. The van der Waals surface area contributed by atoms with Gasteiger partial charge in [-0.2, -0.15) is 11.8 Å². The summed E-state index contributed by atoms with van der Waals surface area (Å²) in [6.45, 7) is 9.06. The minimum Gasteiger partial charge on any atom is -0.330 e. The predicted molar refractivity (Wildman–Crippen MR) is 61.2 cm³/mol. The zero-order valence-corrected chi connectivity index (χ0v) is 9.65. The maximum absolute atomic E-state index is 5.62. The molecule has 0 bridgehead atoms. The molecule has 0 aromatic rings. The molecule has 0 aromatic heterocycles. The number of thioether (sulfide) groups is 1. The lowest BCUT2D eigenvalue weighted by molar-refractivity contribution is 0.246. The number of nitrogens with zero attached hydrogens (tertiary/aromatic N) is 1. The third-order valence-corrected chi connectivity index (χ3v) is 4.02. The molecule has 2 unspecified atom stereocenters. The van der Waals surface area contributed by atoms with E-state index in [-0.39, 0.29) is 0 Å². The summed E-state index contributed by atoms with van der Waals surface area (Å²) >= 11 is 2.13. The fraction of sp³-hybridized carbons (Fsp3) is 1.00. The van der Waals surface area contributed by atoms with Gasteiger partial charge in [-0.05, 0) is 18.9 Å². The largest absolute Gasteiger partial charge is 0.330 e. The summed E-state index contributed by atoms with van der Waals surface area (Å²) < 4.78 is 0. The monoisotopic (exact) mass is 202 g/mol. The summed E-state index contributed by atoms with van der Waals surface area (Å²) in [6.07, 6.45) is 1.30. The molecule has 1 heterocycles. The smallest absolute Gasteiger partial charge is 0.0172 e. The van der Waals surface area contributed by atoms with Crippen LogP contribution >= 0.6 is 11.8 Å². The lowest BCUT2D eigenvalue weighted by Gasteiger charge is -2.33. The Morgan fingerprint density at radius 1 is 1.62 bits per heavy atom. The minimum atomic E-state index is 0.653. The van der Waals surface area contributed by atoms with Gasteiger partial charge < -0.3 is 10.6 Å². The molecule has 0 saturated carbocycles. The highest BCUT2D eigenvalue weighted by Gasteiger charge is 2.19. The van der Waals surface area contributed by atoms with Gasteiger partial charge in [-0.1, -0.05) is 13.8 Å². The van der Waals surface area contributed by atoms with Crippen molar-refractivity contribution in [3.8, 4) is 0 Å². The van der Waals surface area contributed by atoms with Crippen LogP contribution in [0.25, 0.3) is 0 Å². The Hall–Kier alpha value is 0.270. The van der Waals surface area contributed by atoms with E-state index in [1.807, 2.05) is 0 Å². The van der Waals surface area contributed by atoms with Crippen LogP contribution in [0.5, 0.6) is 0 Å². The Morgan fingerprint density at radius 3 is 3.00 bits per heavy atom. The number of hydrogen-bond donors (Lipinski definition) is 1. The van der Waals surface area contributed by atoms with Crippen molar-refractivity contribution in [2.45, 2.75) is 25.5 Å². The van der Waals surface area contributed by atoms with Crippen molar-refractivity contribution in [3.63, 3.8) is 0 Å². The molecule has 1 fully saturated rings. The van der Waals surface area contributed by atoms with Gasteiger partial charge in [0.25, 0.3) is 0 Å². The van der Waals surface area contributed by atoms with E-state index in [0.29, 0.717) is 5.92 Å². The maximum Gasteiger partial charge on any atom is 0.0172 e. The van der Waals surface area contributed by atoms with Gasteiger partial charge in [-0.3, -0.25) is 0 Å². The second-order valence-electron chi connectivity index (χ2n) is 4.00. The van der Waals surface area contributed by atoms with Gasteiger partial charge in [0.1, 0.15) is 0 Å². The fourth-order valence-electron chi connectivity index (χ4n) is 1.71. The maximum atomic E-state index is 5.62. The van der Waals surface area contributed by atoms with Crippen LogP contribution in [0, 0.1) is 5.92 Å². The van der Waals surface area contributed by atoms with Crippen LogP contribution in [0.15, 0.2) is 0 Å². The van der Waals surface area contributed by atoms with Crippen molar-refractivity contribution in [2.75, 3.05) is 31.9 Å². The van der Waals surface area contributed by atoms with Crippen LogP contribution in [-0.4, -0.2) is 42.1 Å². The molecule has 1 rings (SSSR count). The third-order valence-electron chi connectivity index (χ3n) is 2.65. The first-order valence-electron chi connectivity index (χ1n) is 5.30. The summed E-state index contributed by atoms with van der Waals surface area (Å²) in [5, 5.41) is 0.860. The van der Waals surface area contributed by atoms with Crippen molar-refractivity contribution in [1.29, 1.82) is 0 Å². The van der Waals surface area contributed by atoms with Crippen molar-refractivity contribution in [2.24, 2.45) is 11.7 Å². The van der Waals surface area contributed by atoms with E-state index in [1.165, 1.54) is 31.8 Å². The molecule has 0 aromatic carbocycles. The zero-order valence-electron chi connectivity index (χ0n) is 8.83. The van der Waals surface area contributed by atoms with Crippen LogP contribution in [0.2, 0.25) is 0 Å². The average Bonchev–Trinajstić information content (AvgIpc) is 2.18. The van der Waals surface area contributed by atoms with Crippen LogP contribution in [-0.2, 0) is 0 Å². The highest BCUT2D eigenvalue weighted by atomic mass is 32.2. The van der Waals surface area contributed by atoms with E-state index in [0.717, 1.165) is 11.8 Å². The molecule has 0 amide bonds. The van der Waals surface area contributed by atoms with E-state index in [1.54, 1.807) is 0 Å². The fourth-order valence-corrected chi connectivity index (χ4v) is 2.96. The first kappa shape index (κ1) is 11.3. The Morgan fingerprint density at radius 2 is 2.38 bits per heavy atom. The topological polar surface area (TPSA) is 29.3 Å². The van der Waals surface area contributed by atoms with Gasteiger partial charge >= 0.3 is 0 Å². The third kappa shape index (κ3) is 3.88. The molecule has 3 heteroatoms. The van der Waals surface area contributed by atoms with Gasteiger partial charge in [0.05, 0.1) is 0 Å². The predicted octanol–water partition coefficient (Wildman–Crippen LogP) is 1.41. The molecule has 2 atom stereocenters. The Balaban J connectivity index is 2.25. The second kappa shape index (κ2) is 5.89. The molecule has 2 nitrogen and oxygen atoms in total. The number of rotatable bonds is 4. The summed E-state index contributed by atoms with van der Waals surface area (Å²) in [4.78, 5) is 2.57. The van der Waals surface area contributed by atoms with Gasteiger partial charge in [0.15, 0.2) is 0 Å². The van der Waals surface area contributed by atoms with Crippen LogP contribution in [0.3, 0.4) is 0 Å². The van der Waals surface area contributed by atoms with E-state index < -0.39 is 0 Å². The van der Waals surface area contributed by atoms with Crippen molar-refractivity contribution < 1.29 is 0 Å². The Kier molecular flexibility index (Phi) is 5.14. The molecule has 2 N–H and O–H groups in total. The lowest BCUT2D eigenvalue weighted by Crippen LogP contribution is -2.41. The normalized spacial score (nSPS) is 27.5. The van der Waals surface area contributed by atoms with E-state index >= 15 is 0 Å². The van der Waals surface area contributed by atoms with E-state index in [2.05, 4.69) is 30.5 Å². The molecule has 1 aliphatic rings. The van der Waals surface area contributed by atoms with Gasteiger partial charge in [-0.25, -0.2) is 0 Å². The summed E-state index contributed by atoms with van der Waals surface area (Å²) in [5.41, 5.74) is 5.62. The number of hydrogen-bond acceptors (Lipinski definition) is 3. The average molecular weight is 202 g/mol. The van der Waals surface area contributed by atoms with Crippen molar-refractivity contribution >= 4 is 11.8 Å². The van der Waals surface area contributed by atoms with Crippen LogP contribution in [0.1, 0.15) is 20.3 Å². The molecular weight excluding hydrogens is 180 g/mol. The zero-order chi connectivity index (χ0) is 9.68. The van der Waals surface area contributed by atoms with Crippen LogP contribution < -0.4 is 5.73 Å². The standard InChI is InChI=1S/C10H22N2S/c1-3-10-8-12(4-5-13-10)7-9(2)6-11/h9-10H,3-8,11H2,1-2H3. The molecule has 78 valence electrons. The van der Waals surface area contributed by atoms with Crippen LogP contribution in [0.4, 0.5) is 0 Å². The molecular formula is C10H22N2S. The minimum absolute atomic E-state index is 0.653. The number of nitrogens with two attached hydrogens (primary N) is 1. The first-order chi connectivity index (χ1) is 6.26. The van der Waals surface area contributed by atoms with E-state index in [9.17, 15) is 0 Å². The second-order valence-corrected chi connectivity index (χ2v) is 5.41. The van der Waals surface area contributed by atoms with Gasteiger partial charge in [-0.15, -0.1) is 0 Å². The molecule has 1 aliphatic heterocycles. The SMILES string of the molecule is CCC1CN(CC(C)CN)CCS1. The highest BCUT2D eigenvalue weighted by Crippen LogP contribution is 2.21. The highest BCUT2D eigenvalue weighted by molar-refractivity contribution is 8.00. The van der Waals surface area contributed by atoms with Gasteiger partial charge in [0.2, 0.25) is 0 Å². The molecule has 0 aliphatic carbocycles. The van der Waals surface area contributed by atoms with Crippen molar-refractivity contribution in [3.05, 3.63) is 0 Å². The Labute approximate surface area is 86.2 Å². The Bertz CT molecular complexity index is 139.